The van der Waals surface area contributed by atoms with Crippen molar-refractivity contribution in [1.82, 2.24) is 20.0 Å². The van der Waals surface area contributed by atoms with E-state index in [0.717, 1.165) is 67.7 Å². The fourth-order valence-corrected chi connectivity index (χ4v) is 5.51. The van der Waals surface area contributed by atoms with Crippen LogP contribution in [0.2, 0.25) is 0 Å². The van der Waals surface area contributed by atoms with Crippen LogP contribution in [-0.2, 0) is 0 Å². The Bertz CT molecular complexity index is 1150. The number of hydrogen-bond acceptors (Lipinski definition) is 6. The third-order valence-electron chi connectivity index (χ3n) is 7.10. The first-order valence-electron chi connectivity index (χ1n) is 11.6. The number of fused-ring (bicyclic) bond motifs is 2. The van der Waals surface area contributed by atoms with Gasteiger partial charge in [0.2, 0.25) is 0 Å². The maximum absolute atomic E-state index is 12.5. The van der Waals surface area contributed by atoms with E-state index in [9.17, 15) is 4.79 Å². The molecule has 0 spiro atoms. The molecule has 6 rings (SSSR count). The number of carbonyl (C=O) groups is 1. The molecule has 3 aliphatic rings. The number of aromatic nitrogens is 2. The molecule has 4 N–H and O–H groups in total. The summed E-state index contributed by atoms with van der Waals surface area (Å²) in [7, 11) is 0. The van der Waals surface area contributed by atoms with Crippen molar-refractivity contribution in [3.05, 3.63) is 66.0 Å². The number of benzene rings is 2. The van der Waals surface area contributed by atoms with Crippen LogP contribution in [0, 0.1) is 11.8 Å². The molecule has 3 aromatic rings. The summed E-state index contributed by atoms with van der Waals surface area (Å²) in [5.74, 6) is 2.42. The average molecular weight is 445 g/mol. The van der Waals surface area contributed by atoms with E-state index in [-0.39, 0.29) is 6.04 Å². The molecule has 0 bridgehead atoms. The third-order valence-corrected chi connectivity index (χ3v) is 7.10. The number of carbonyl (C=O) groups excluding carboxylic acids is 1. The smallest absolute Gasteiger partial charge is 0.269 e. The summed E-state index contributed by atoms with van der Waals surface area (Å²) in [6.07, 6.45) is 0.971. The number of nitrogens with zero attached hydrogens (tertiary/aromatic N) is 3. The number of likely N-dealkylation sites (tertiary alicyclic amines) is 1. The average Bonchev–Trinajstić information content (AvgIpc) is 3.53. The van der Waals surface area contributed by atoms with Gasteiger partial charge in [-0.25, -0.2) is 4.68 Å². The second kappa shape index (κ2) is 8.20. The van der Waals surface area contributed by atoms with Gasteiger partial charge in [-0.1, -0.05) is 18.2 Å². The lowest BCUT2D eigenvalue weighted by molar-refractivity contribution is 0.0993. The molecule has 4 heterocycles. The molecule has 2 saturated heterocycles. The summed E-state index contributed by atoms with van der Waals surface area (Å²) in [5, 5.41) is 11.8. The van der Waals surface area contributed by atoms with E-state index in [2.05, 4.69) is 15.5 Å². The zero-order valence-electron chi connectivity index (χ0n) is 18.4. The van der Waals surface area contributed by atoms with Crippen molar-refractivity contribution in [3.63, 3.8) is 0 Å². The van der Waals surface area contributed by atoms with Gasteiger partial charge in [-0.3, -0.25) is 9.69 Å². The lowest BCUT2D eigenvalue weighted by Gasteiger charge is -2.31. The predicted molar refractivity (Wildman–Crippen MR) is 126 cm³/mol. The number of rotatable bonds is 5. The Hall–Kier alpha value is -3.36. The van der Waals surface area contributed by atoms with Gasteiger partial charge in [-0.15, -0.1) is 0 Å². The first kappa shape index (κ1) is 20.3. The first-order valence-corrected chi connectivity index (χ1v) is 11.6. The van der Waals surface area contributed by atoms with Crippen molar-refractivity contribution in [2.75, 3.05) is 38.0 Å². The molecule has 8 heteroatoms. The molecule has 3 aliphatic heterocycles. The molecule has 1 unspecified atom stereocenters. The molecular weight excluding hydrogens is 416 g/mol. The van der Waals surface area contributed by atoms with Crippen LogP contribution in [0.1, 0.15) is 28.6 Å². The monoisotopic (exact) mass is 444 g/mol. The van der Waals surface area contributed by atoms with E-state index in [0.29, 0.717) is 17.5 Å². The summed E-state index contributed by atoms with van der Waals surface area (Å²) in [6, 6.07) is 17.4. The van der Waals surface area contributed by atoms with Gasteiger partial charge in [0, 0.05) is 19.6 Å². The highest BCUT2D eigenvalue weighted by Crippen LogP contribution is 2.40. The Morgan fingerprint density at radius 1 is 1.00 bits per heavy atom. The van der Waals surface area contributed by atoms with Gasteiger partial charge in [-0.2, -0.15) is 5.10 Å². The first-order chi connectivity index (χ1) is 16.2. The summed E-state index contributed by atoms with van der Waals surface area (Å²) in [4.78, 5) is 15.0. The number of nitrogens with two attached hydrogens (primary N) is 1. The van der Waals surface area contributed by atoms with Gasteiger partial charge >= 0.3 is 0 Å². The highest BCUT2D eigenvalue weighted by atomic mass is 16.5. The number of amides is 1. The fourth-order valence-electron chi connectivity index (χ4n) is 5.51. The number of hydrogen-bond donors (Lipinski definition) is 3. The van der Waals surface area contributed by atoms with Crippen LogP contribution in [0.25, 0.3) is 5.69 Å². The van der Waals surface area contributed by atoms with E-state index >= 15 is 0 Å². The van der Waals surface area contributed by atoms with Gasteiger partial charge in [0.25, 0.3) is 5.91 Å². The molecule has 0 radical (unpaired) electrons. The maximum atomic E-state index is 12.5. The lowest BCUT2D eigenvalue weighted by Crippen LogP contribution is -2.34. The summed E-state index contributed by atoms with van der Waals surface area (Å²) in [5.41, 5.74) is 8.73. The quantitative estimate of drug-likeness (QED) is 0.560. The third kappa shape index (κ3) is 3.65. The fraction of sp³-hybridized carbons (Fsp3) is 0.360. The Morgan fingerprint density at radius 3 is 2.39 bits per heavy atom. The van der Waals surface area contributed by atoms with Crippen LogP contribution < -0.4 is 21.1 Å². The maximum Gasteiger partial charge on any atom is 0.269 e. The Balaban J connectivity index is 1.31. The van der Waals surface area contributed by atoms with Crippen LogP contribution in [-0.4, -0.2) is 53.3 Å². The molecule has 8 nitrogen and oxygen atoms in total. The van der Waals surface area contributed by atoms with Gasteiger partial charge in [0.15, 0.2) is 5.69 Å². The molecule has 1 aromatic heterocycles. The lowest BCUT2D eigenvalue weighted by atomic mass is 10.0. The van der Waals surface area contributed by atoms with E-state index < -0.39 is 5.91 Å². The Morgan fingerprint density at radius 2 is 1.70 bits per heavy atom. The van der Waals surface area contributed by atoms with Gasteiger partial charge in [0.1, 0.15) is 17.2 Å². The minimum atomic E-state index is -0.482. The molecule has 0 aliphatic carbocycles. The summed E-state index contributed by atoms with van der Waals surface area (Å²) < 4.78 is 7.59. The molecule has 3 atom stereocenters. The Labute approximate surface area is 192 Å². The van der Waals surface area contributed by atoms with Crippen LogP contribution in [0.5, 0.6) is 11.5 Å². The van der Waals surface area contributed by atoms with Crippen molar-refractivity contribution in [2.45, 2.75) is 12.5 Å². The van der Waals surface area contributed by atoms with Crippen molar-refractivity contribution in [3.8, 4) is 17.2 Å². The molecule has 1 amide bonds. The normalized spacial score (nSPS) is 24.2. The zero-order chi connectivity index (χ0) is 22.4. The highest BCUT2D eigenvalue weighted by molar-refractivity contribution is 5.98. The number of ether oxygens (including phenoxy) is 1. The van der Waals surface area contributed by atoms with E-state index in [1.807, 2.05) is 54.6 Å². The summed E-state index contributed by atoms with van der Waals surface area (Å²) in [6.45, 7) is 5.14. The summed E-state index contributed by atoms with van der Waals surface area (Å²) >= 11 is 0. The van der Waals surface area contributed by atoms with Crippen molar-refractivity contribution < 1.29 is 9.53 Å². The Kier molecular flexibility index (Phi) is 5.04. The standard InChI is InChI=1S/C25H28N6O2/c26-25(32)24-23-22(21(10-11-28-23)30-14-16-12-27-13-17(16)15-30)29-31(24)18-6-8-20(9-7-18)33-19-4-2-1-3-5-19/h1-9,16-17,21,27-28H,10-15H2,(H2,26,32)/t16-,17+,21?. The van der Waals surface area contributed by atoms with Crippen LogP contribution in [0.15, 0.2) is 54.6 Å². The molecule has 0 saturated carbocycles. The predicted octanol–water partition coefficient (Wildman–Crippen LogP) is 2.77. The molecule has 2 aromatic carbocycles. The van der Waals surface area contributed by atoms with Gasteiger partial charge in [0.05, 0.1) is 17.4 Å². The zero-order valence-corrected chi connectivity index (χ0v) is 18.4. The van der Waals surface area contributed by atoms with Crippen LogP contribution in [0.3, 0.4) is 0 Å². The number of primary amides is 1. The minimum Gasteiger partial charge on any atom is -0.457 e. The largest absolute Gasteiger partial charge is 0.457 e. The van der Waals surface area contributed by atoms with E-state index in [1.165, 1.54) is 0 Å². The number of para-hydroxylation sites is 1. The highest BCUT2D eigenvalue weighted by Gasteiger charge is 2.42. The van der Waals surface area contributed by atoms with E-state index in [1.54, 1.807) is 4.68 Å². The molecule has 170 valence electrons. The second-order valence-corrected chi connectivity index (χ2v) is 9.16. The number of anilines is 1. The van der Waals surface area contributed by atoms with E-state index in [4.69, 9.17) is 15.6 Å². The SMILES string of the molecule is NC(=O)c1c2c(nn1-c1ccc(Oc3ccccc3)cc1)C(N1C[C@H]3CNC[C@H]3C1)CCN2. The topological polar surface area (TPSA) is 97.4 Å². The van der Waals surface area contributed by atoms with Crippen LogP contribution >= 0.6 is 0 Å². The van der Waals surface area contributed by atoms with Gasteiger partial charge < -0.3 is 21.1 Å². The van der Waals surface area contributed by atoms with Crippen molar-refractivity contribution in [1.29, 1.82) is 0 Å². The van der Waals surface area contributed by atoms with Crippen molar-refractivity contribution >= 4 is 11.6 Å². The molecule has 33 heavy (non-hydrogen) atoms. The number of nitrogens with one attached hydrogen (secondary N) is 2. The second-order valence-electron chi connectivity index (χ2n) is 9.16. The van der Waals surface area contributed by atoms with Gasteiger partial charge in [-0.05, 0) is 67.7 Å². The molecular formula is C25H28N6O2. The minimum absolute atomic E-state index is 0.201. The van der Waals surface area contributed by atoms with Crippen LogP contribution in [0.4, 0.5) is 5.69 Å². The van der Waals surface area contributed by atoms with Crippen molar-refractivity contribution in [2.24, 2.45) is 17.6 Å². The molecule has 2 fully saturated rings.